The van der Waals surface area contributed by atoms with Crippen LogP contribution in [0.25, 0.3) is 0 Å². The summed E-state index contributed by atoms with van der Waals surface area (Å²) in [6.45, 7) is 3.76. The molecule has 0 fully saturated rings. The molecular weight excluding hydrogens is 354 g/mol. The van der Waals surface area contributed by atoms with Gasteiger partial charge in [0.15, 0.2) is 0 Å². The Bertz CT molecular complexity index is 483. The summed E-state index contributed by atoms with van der Waals surface area (Å²) in [5, 5.41) is 0.207. The minimum absolute atomic E-state index is 0.197. The average molecular weight is 372 g/mol. The fraction of sp³-hybridized carbons (Fsp3) is 0.533. The Labute approximate surface area is 145 Å². The zero-order valence-electron chi connectivity index (χ0n) is 12.1. The highest BCUT2D eigenvalue weighted by Crippen LogP contribution is 2.44. The molecule has 1 rings (SSSR count). The number of hydrogen-bond donors (Lipinski definition) is 0. The van der Waals surface area contributed by atoms with E-state index in [-0.39, 0.29) is 12.4 Å². The van der Waals surface area contributed by atoms with E-state index < -0.39 is 15.1 Å². The molecule has 0 aliphatic rings. The van der Waals surface area contributed by atoms with Crippen molar-refractivity contribution in [3.63, 3.8) is 0 Å². The lowest BCUT2D eigenvalue weighted by molar-refractivity contribution is -0.142. The molecule has 0 amide bonds. The molecule has 1 aromatic rings. The lowest BCUT2D eigenvalue weighted by atomic mass is 9.82. The van der Waals surface area contributed by atoms with Crippen LogP contribution >= 0.6 is 46.4 Å². The molecule has 0 radical (unpaired) electrons. The van der Waals surface area contributed by atoms with E-state index in [9.17, 15) is 4.79 Å². The molecule has 6 heteroatoms. The highest BCUT2D eigenvalue weighted by Gasteiger charge is 2.38. The van der Waals surface area contributed by atoms with Gasteiger partial charge in [-0.1, -0.05) is 60.8 Å². The molecule has 1 aromatic carbocycles. The summed E-state index contributed by atoms with van der Waals surface area (Å²) in [6, 6.07) is 6.97. The molecule has 1 unspecified atom stereocenters. The smallest absolute Gasteiger partial charge is 0.306 e. The third-order valence-corrected chi connectivity index (χ3v) is 5.12. The average Bonchev–Trinajstić information content (AvgIpc) is 2.38. The first-order valence-electron chi connectivity index (χ1n) is 6.43. The molecule has 0 heterocycles. The van der Waals surface area contributed by atoms with Crippen molar-refractivity contribution in [2.24, 2.45) is 5.41 Å². The normalized spacial score (nSPS) is 13.9. The van der Waals surface area contributed by atoms with Crippen LogP contribution in [0.1, 0.15) is 32.3 Å². The molecule has 118 valence electrons. The Morgan fingerprint density at radius 2 is 1.76 bits per heavy atom. The number of halogens is 4. The number of alkyl halides is 3. The van der Waals surface area contributed by atoms with E-state index in [1.54, 1.807) is 24.3 Å². The summed E-state index contributed by atoms with van der Waals surface area (Å²) in [5.41, 5.74) is 0.227. The van der Waals surface area contributed by atoms with Gasteiger partial charge in [-0.3, -0.25) is 4.79 Å². The lowest BCUT2D eigenvalue weighted by Gasteiger charge is -2.33. The number of ether oxygens (including phenoxy) is 1. The predicted molar refractivity (Wildman–Crippen MR) is 89.5 cm³/mol. The summed E-state index contributed by atoms with van der Waals surface area (Å²) in [5.74, 6) is -0.313. The second kappa shape index (κ2) is 7.41. The number of rotatable bonds is 6. The van der Waals surface area contributed by atoms with Gasteiger partial charge < -0.3 is 4.74 Å². The van der Waals surface area contributed by atoms with E-state index in [4.69, 9.17) is 46.4 Å². The molecule has 0 N–H and O–H groups in total. The molecular formula is C15H18Cl4O2. The van der Waals surface area contributed by atoms with Crippen molar-refractivity contribution in [2.75, 3.05) is 7.11 Å². The quantitative estimate of drug-likeness (QED) is 0.483. The van der Waals surface area contributed by atoms with Crippen LogP contribution in [0, 0.1) is 5.41 Å². The standard InChI is InChI=1S/C15H18Cl4O2/c1-14(2,9-13(20)21-3)12(17)8-15(18,19)10-4-6-11(16)7-5-10/h4-7,12H,8-9H2,1-3H3. The first-order chi connectivity index (χ1) is 9.58. The first kappa shape index (κ1) is 18.9. The van der Waals surface area contributed by atoms with Gasteiger partial charge in [0.05, 0.1) is 13.5 Å². The van der Waals surface area contributed by atoms with E-state index in [1.807, 2.05) is 13.8 Å². The number of hydrogen-bond acceptors (Lipinski definition) is 2. The zero-order valence-corrected chi connectivity index (χ0v) is 15.2. The van der Waals surface area contributed by atoms with E-state index in [1.165, 1.54) is 7.11 Å². The molecule has 0 spiro atoms. The lowest BCUT2D eigenvalue weighted by Crippen LogP contribution is -2.32. The van der Waals surface area contributed by atoms with E-state index in [0.717, 1.165) is 5.56 Å². The number of benzene rings is 1. The van der Waals surface area contributed by atoms with Crippen molar-refractivity contribution in [2.45, 2.75) is 36.4 Å². The minimum Gasteiger partial charge on any atom is -0.469 e. The SMILES string of the molecule is COC(=O)CC(C)(C)C(Cl)CC(Cl)(Cl)c1ccc(Cl)cc1. The third kappa shape index (κ3) is 5.52. The van der Waals surface area contributed by atoms with Crippen molar-refractivity contribution in [3.05, 3.63) is 34.9 Å². The Hall–Kier alpha value is -0.150. The number of esters is 1. The number of carbonyl (C=O) groups excluding carboxylic acids is 1. The molecule has 21 heavy (non-hydrogen) atoms. The maximum atomic E-state index is 11.4. The third-order valence-electron chi connectivity index (χ3n) is 3.38. The molecule has 1 atom stereocenters. The Morgan fingerprint density at radius 3 is 2.24 bits per heavy atom. The van der Waals surface area contributed by atoms with Gasteiger partial charge in [-0.15, -0.1) is 11.6 Å². The van der Waals surface area contributed by atoms with E-state index in [0.29, 0.717) is 11.4 Å². The second-order valence-electron chi connectivity index (χ2n) is 5.62. The van der Waals surface area contributed by atoms with Crippen LogP contribution in [0.5, 0.6) is 0 Å². The Morgan fingerprint density at radius 1 is 1.24 bits per heavy atom. The number of carbonyl (C=O) groups is 1. The molecule has 2 nitrogen and oxygen atoms in total. The van der Waals surface area contributed by atoms with Gasteiger partial charge in [-0.2, -0.15) is 0 Å². The Balaban J connectivity index is 2.82. The number of methoxy groups -OCH3 is 1. The van der Waals surface area contributed by atoms with Crippen molar-refractivity contribution in [1.29, 1.82) is 0 Å². The summed E-state index contributed by atoms with van der Waals surface area (Å²) in [4.78, 5) is 11.4. The van der Waals surface area contributed by atoms with Crippen LogP contribution in [0.4, 0.5) is 0 Å². The van der Waals surface area contributed by atoms with Crippen LogP contribution in [0.3, 0.4) is 0 Å². The van der Waals surface area contributed by atoms with Gasteiger partial charge in [-0.25, -0.2) is 0 Å². The van der Waals surface area contributed by atoms with Crippen molar-refractivity contribution >= 4 is 52.4 Å². The molecule has 0 saturated heterocycles. The van der Waals surface area contributed by atoms with E-state index in [2.05, 4.69) is 4.74 Å². The van der Waals surface area contributed by atoms with Crippen LogP contribution in [-0.4, -0.2) is 18.5 Å². The topological polar surface area (TPSA) is 26.3 Å². The van der Waals surface area contributed by atoms with Crippen molar-refractivity contribution in [1.82, 2.24) is 0 Å². The monoisotopic (exact) mass is 370 g/mol. The van der Waals surface area contributed by atoms with Gasteiger partial charge in [0.25, 0.3) is 0 Å². The maximum Gasteiger partial charge on any atom is 0.306 e. The largest absolute Gasteiger partial charge is 0.469 e. The van der Waals surface area contributed by atoms with Gasteiger partial charge in [-0.05, 0) is 23.1 Å². The first-order valence-corrected chi connectivity index (χ1v) is 8.00. The van der Waals surface area contributed by atoms with Crippen LogP contribution < -0.4 is 0 Å². The molecule has 0 aromatic heterocycles. The van der Waals surface area contributed by atoms with Gasteiger partial charge in [0.1, 0.15) is 4.33 Å². The van der Waals surface area contributed by atoms with Crippen LogP contribution in [0.15, 0.2) is 24.3 Å². The fourth-order valence-corrected chi connectivity index (χ4v) is 3.02. The van der Waals surface area contributed by atoms with Crippen LogP contribution in [-0.2, 0) is 13.9 Å². The molecule has 0 saturated carbocycles. The van der Waals surface area contributed by atoms with Gasteiger partial charge in [0.2, 0.25) is 0 Å². The summed E-state index contributed by atoms with van der Waals surface area (Å²) in [7, 11) is 1.35. The molecule has 0 aliphatic carbocycles. The summed E-state index contributed by atoms with van der Waals surface area (Å²) >= 11 is 25.1. The highest BCUT2D eigenvalue weighted by atomic mass is 35.5. The summed E-state index contributed by atoms with van der Waals surface area (Å²) < 4.78 is 3.54. The molecule has 0 aliphatic heterocycles. The fourth-order valence-electron chi connectivity index (χ4n) is 1.87. The van der Waals surface area contributed by atoms with Gasteiger partial charge in [0, 0.05) is 16.8 Å². The Kier molecular flexibility index (Phi) is 6.67. The maximum absolute atomic E-state index is 11.4. The van der Waals surface area contributed by atoms with Crippen molar-refractivity contribution in [3.8, 4) is 0 Å². The van der Waals surface area contributed by atoms with Crippen molar-refractivity contribution < 1.29 is 9.53 Å². The molecule has 0 bridgehead atoms. The summed E-state index contributed by atoms with van der Waals surface area (Å²) in [6.07, 6.45) is 0.492. The highest BCUT2D eigenvalue weighted by molar-refractivity contribution is 6.48. The minimum atomic E-state index is -1.15. The van der Waals surface area contributed by atoms with Gasteiger partial charge >= 0.3 is 5.97 Å². The second-order valence-corrected chi connectivity index (χ2v) is 8.07. The van der Waals surface area contributed by atoms with Crippen LogP contribution in [0.2, 0.25) is 5.02 Å². The zero-order chi connectivity index (χ0) is 16.3. The predicted octanol–water partition coefficient (Wildman–Crippen LogP) is 5.56. The van der Waals surface area contributed by atoms with E-state index >= 15 is 0 Å².